The molecule has 0 aliphatic carbocycles. The van der Waals surface area contributed by atoms with Crippen molar-refractivity contribution in [2.24, 2.45) is 0 Å². The number of rotatable bonds is 3. The number of alkyl halides is 3. The Kier molecular flexibility index (Phi) is 4.66. The van der Waals surface area contributed by atoms with Crippen LogP contribution in [0, 0.1) is 0 Å². The van der Waals surface area contributed by atoms with Crippen LogP contribution in [-0.4, -0.2) is 47.1 Å². The molecule has 1 saturated heterocycles. The third kappa shape index (κ3) is 3.64. The Hall–Kier alpha value is -3.10. The van der Waals surface area contributed by atoms with Crippen LogP contribution in [0.25, 0.3) is 11.0 Å². The molecule has 2 aromatic heterocycles. The van der Waals surface area contributed by atoms with Gasteiger partial charge in [-0.15, -0.1) is 0 Å². The van der Waals surface area contributed by atoms with Crippen molar-refractivity contribution < 1.29 is 22.5 Å². The Bertz CT molecular complexity index is 977. The number of nitrogens with zero attached hydrogens (tertiary/aromatic N) is 4. The maximum atomic E-state index is 12.6. The van der Waals surface area contributed by atoms with E-state index in [-0.39, 0.29) is 12.3 Å². The summed E-state index contributed by atoms with van der Waals surface area (Å²) in [6, 6.07) is 9.75. The van der Waals surface area contributed by atoms with Crippen LogP contribution in [0.5, 0.6) is 0 Å². The third-order valence-corrected chi connectivity index (χ3v) is 4.80. The molecule has 1 aliphatic rings. The second kappa shape index (κ2) is 7.14. The van der Waals surface area contributed by atoms with Crippen molar-refractivity contribution in [2.75, 3.05) is 31.1 Å². The quantitative estimate of drug-likeness (QED) is 0.688. The molecule has 1 amide bonds. The van der Waals surface area contributed by atoms with Gasteiger partial charge in [0.1, 0.15) is 11.5 Å². The molecule has 1 fully saturated rings. The van der Waals surface area contributed by atoms with Crippen LogP contribution in [0.4, 0.5) is 19.0 Å². The van der Waals surface area contributed by atoms with E-state index >= 15 is 0 Å². The first-order valence-corrected chi connectivity index (χ1v) is 8.81. The van der Waals surface area contributed by atoms with Crippen molar-refractivity contribution in [3.8, 4) is 0 Å². The second-order valence-corrected chi connectivity index (χ2v) is 6.57. The monoisotopic (exact) mass is 390 g/mol. The summed E-state index contributed by atoms with van der Waals surface area (Å²) in [7, 11) is 0. The molecule has 9 heteroatoms. The Labute approximate surface area is 158 Å². The van der Waals surface area contributed by atoms with E-state index in [1.54, 1.807) is 11.0 Å². The normalized spacial score (nSPS) is 15.2. The van der Waals surface area contributed by atoms with Crippen LogP contribution < -0.4 is 4.90 Å². The van der Waals surface area contributed by atoms with Crippen molar-refractivity contribution in [2.45, 2.75) is 12.6 Å². The Morgan fingerprint density at radius 2 is 1.82 bits per heavy atom. The summed E-state index contributed by atoms with van der Waals surface area (Å²) in [5, 5.41) is 4.81. The number of aromatic nitrogens is 2. The van der Waals surface area contributed by atoms with Gasteiger partial charge in [0.15, 0.2) is 5.58 Å². The number of fused-ring (bicyclic) bond motifs is 1. The van der Waals surface area contributed by atoms with Crippen LogP contribution in [0.15, 0.2) is 47.1 Å². The summed E-state index contributed by atoms with van der Waals surface area (Å²) in [4.78, 5) is 20.1. The highest BCUT2D eigenvalue weighted by atomic mass is 19.4. The summed E-state index contributed by atoms with van der Waals surface area (Å²) in [5.74, 6) is 0.418. The van der Waals surface area contributed by atoms with Crippen LogP contribution >= 0.6 is 0 Å². The molecule has 0 radical (unpaired) electrons. The molecule has 0 spiro atoms. The van der Waals surface area contributed by atoms with E-state index in [0.717, 1.165) is 17.6 Å². The van der Waals surface area contributed by atoms with Crippen molar-refractivity contribution in [3.63, 3.8) is 0 Å². The van der Waals surface area contributed by atoms with Gasteiger partial charge in [0.2, 0.25) is 5.91 Å². The van der Waals surface area contributed by atoms with Gasteiger partial charge in [-0.3, -0.25) is 4.79 Å². The van der Waals surface area contributed by atoms with E-state index in [2.05, 4.69) is 10.1 Å². The molecule has 3 heterocycles. The van der Waals surface area contributed by atoms with Crippen molar-refractivity contribution >= 4 is 22.7 Å². The summed E-state index contributed by atoms with van der Waals surface area (Å²) in [6.45, 7) is 1.95. The lowest BCUT2D eigenvalue weighted by Crippen LogP contribution is -2.49. The largest absolute Gasteiger partial charge is 0.417 e. The molecule has 28 heavy (non-hydrogen) atoms. The van der Waals surface area contributed by atoms with Gasteiger partial charge in [0, 0.05) is 37.8 Å². The molecular formula is C19H17F3N4O2. The summed E-state index contributed by atoms with van der Waals surface area (Å²) >= 11 is 0. The third-order valence-electron chi connectivity index (χ3n) is 4.80. The number of piperazine rings is 1. The molecule has 0 unspecified atom stereocenters. The number of hydrogen-bond donors (Lipinski definition) is 0. The smallest absolute Gasteiger partial charge is 0.356 e. The van der Waals surface area contributed by atoms with Gasteiger partial charge in [0.05, 0.1) is 12.0 Å². The number of hydrogen-bond acceptors (Lipinski definition) is 5. The molecule has 6 nitrogen and oxygen atoms in total. The van der Waals surface area contributed by atoms with E-state index < -0.39 is 11.7 Å². The molecule has 4 rings (SSSR count). The van der Waals surface area contributed by atoms with Crippen LogP contribution in [0.3, 0.4) is 0 Å². The van der Waals surface area contributed by atoms with Crippen LogP contribution in [-0.2, 0) is 17.4 Å². The van der Waals surface area contributed by atoms with Gasteiger partial charge in [-0.2, -0.15) is 13.2 Å². The number of carbonyl (C=O) groups is 1. The standard InChI is InChI=1S/C19H17F3N4O2/c20-19(21,22)13-5-6-17(23-12-13)25-7-9-26(10-8-25)18(27)11-15-14-3-1-2-4-16(14)28-24-15/h1-6,12H,7-11H2. The van der Waals surface area contributed by atoms with Gasteiger partial charge in [0.25, 0.3) is 0 Å². The summed E-state index contributed by atoms with van der Waals surface area (Å²) < 4.78 is 43.2. The number of carbonyl (C=O) groups excluding carboxylic acids is 1. The molecular weight excluding hydrogens is 373 g/mol. The first-order chi connectivity index (χ1) is 13.4. The van der Waals surface area contributed by atoms with Gasteiger partial charge in [-0.05, 0) is 24.3 Å². The average Bonchev–Trinajstić information content (AvgIpc) is 3.10. The van der Waals surface area contributed by atoms with Gasteiger partial charge in [-0.1, -0.05) is 17.3 Å². The first kappa shape index (κ1) is 18.3. The number of halogens is 3. The number of anilines is 1. The van der Waals surface area contributed by atoms with E-state index in [0.29, 0.717) is 43.3 Å². The predicted octanol–water partition coefficient (Wildman–Crippen LogP) is 3.13. The van der Waals surface area contributed by atoms with E-state index in [9.17, 15) is 18.0 Å². The zero-order valence-electron chi connectivity index (χ0n) is 14.8. The molecule has 146 valence electrons. The van der Waals surface area contributed by atoms with Gasteiger partial charge < -0.3 is 14.3 Å². The van der Waals surface area contributed by atoms with Gasteiger partial charge in [-0.25, -0.2) is 4.98 Å². The minimum atomic E-state index is -4.40. The highest BCUT2D eigenvalue weighted by Crippen LogP contribution is 2.29. The predicted molar refractivity (Wildman–Crippen MR) is 95.7 cm³/mol. The Morgan fingerprint density at radius 1 is 1.07 bits per heavy atom. The number of benzene rings is 1. The molecule has 0 atom stereocenters. The fourth-order valence-corrected chi connectivity index (χ4v) is 3.25. The maximum Gasteiger partial charge on any atom is 0.417 e. The fourth-order valence-electron chi connectivity index (χ4n) is 3.25. The Morgan fingerprint density at radius 3 is 2.50 bits per heavy atom. The number of amides is 1. The number of para-hydroxylation sites is 1. The lowest BCUT2D eigenvalue weighted by atomic mass is 10.1. The van der Waals surface area contributed by atoms with Crippen LogP contribution in [0.1, 0.15) is 11.3 Å². The minimum absolute atomic E-state index is 0.0564. The van der Waals surface area contributed by atoms with E-state index in [1.165, 1.54) is 6.07 Å². The van der Waals surface area contributed by atoms with E-state index in [1.807, 2.05) is 23.1 Å². The van der Waals surface area contributed by atoms with E-state index in [4.69, 9.17) is 4.52 Å². The lowest BCUT2D eigenvalue weighted by Gasteiger charge is -2.35. The fraction of sp³-hybridized carbons (Fsp3) is 0.316. The average molecular weight is 390 g/mol. The second-order valence-electron chi connectivity index (χ2n) is 6.57. The molecule has 0 N–H and O–H groups in total. The number of pyridine rings is 1. The molecule has 3 aromatic rings. The summed E-state index contributed by atoms with van der Waals surface area (Å²) in [5.41, 5.74) is 0.473. The van der Waals surface area contributed by atoms with Gasteiger partial charge >= 0.3 is 6.18 Å². The highest BCUT2D eigenvalue weighted by molar-refractivity contribution is 5.86. The topological polar surface area (TPSA) is 62.5 Å². The Balaban J connectivity index is 1.36. The zero-order chi connectivity index (χ0) is 19.7. The van der Waals surface area contributed by atoms with Crippen molar-refractivity contribution in [1.29, 1.82) is 0 Å². The summed E-state index contributed by atoms with van der Waals surface area (Å²) in [6.07, 6.45) is -3.42. The molecule has 0 saturated carbocycles. The van der Waals surface area contributed by atoms with Crippen molar-refractivity contribution in [3.05, 3.63) is 53.9 Å². The molecule has 1 aliphatic heterocycles. The van der Waals surface area contributed by atoms with Crippen LogP contribution in [0.2, 0.25) is 0 Å². The zero-order valence-corrected chi connectivity index (χ0v) is 14.8. The molecule has 0 bridgehead atoms. The first-order valence-electron chi connectivity index (χ1n) is 8.81. The lowest BCUT2D eigenvalue weighted by molar-refractivity contribution is -0.137. The highest BCUT2D eigenvalue weighted by Gasteiger charge is 2.31. The maximum absolute atomic E-state index is 12.6. The molecule has 1 aromatic carbocycles. The van der Waals surface area contributed by atoms with Crippen molar-refractivity contribution in [1.82, 2.24) is 15.0 Å². The minimum Gasteiger partial charge on any atom is -0.356 e. The SMILES string of the molecule is O=C(Cc1noc2ccccc12)N1CCN(c2ccc(C(F)(F)F)cn2)CC1.